The molecule has 1 aliphatic rings. The van der Waals surface area contributed by atoms with E-state index in [1.807, 2.05) is 85.8 Å². The van der Waals surface area contributed by atoms with Gasteiger partial charge in [0.1, 0.15) is 0 Å². The van der Waals surface area contributed by atoms with Crippen molar-refractivity contribution in [3.05, 3.63) is 137 Å². The molecule has 1 heterocycles. The summed E-state index contributed by atoms with van der Waals surface area (Å²) in [5.41, 5.74) is 4.94. The van der Waals surface area contributed by atoms with Crippen LogP contribution in [0.2, 0.25) is 0 Å². The fraction of sp³-hybridized carbons (Fsp3) is 0.257. The molecule has 2 amide bonds. The van der Waals surface area contributed by atoms with Crippen molar-refractivity contribution in [2.75, 3.05) is 12.3 Å². The first-order chi connectivity index (χ1) is 21.4. The number of amides is 2. The number of benzene rings is 4. The first-order valence-electron chi connectivity index (χ1n) is 14.6. The van der Waals surface area contributed by atoms with E-state index in [1.165, 1.54) is 0 Å². The first kappa shape index (κ1) is 31.3. The van der Waals surface area contributed by atoms with E-state index in [4.69, 9.17) is 9.47 Å². The van der Waals surface area contributed by atoms with Crippen LogP contribution >= 0.6 is 11.8 Å². The van der Waals surface area contributed by atoms with Crippen LogP contribution in [0.15, 0.2) is 108 Å². The lowest BCUT2D eigenvalue weighted by Gasteiger charge is -2.43. The smallest absolute Gasteiger partial charge is 0.335 e. The number of nitrogens with one attached hydrogen (secondary N) is 2. The van der Waals surface area contributed by atoms with Gasteiger partial charge in [0.05, 0.1) is 24.4 Å². The lowest BCUT2D eigenvalue weighted by Crippen LogP contribution is -2.38. The van der Waals surface area contributed by atoms with E-state index < -0.39 is 12.3 Å². The molecule has 4 aromatic rings. The molecule has 44 heavy (non-hydrogen) atoms. The van der Waals surface area contributed by atoms with Gasteiger partial charge in [0.25, 0.3) is 0 Å². The van der Waals surface area contributed by atoms with Gasteiger partial charge in [0.2, 0.25) is 0 Å². The Kier molecular flexibility index (Phi) is 10.7. The molecule has 1 fully saturated rings. The van der Waals surface area contributed by atoms with Crippen LogP contribution in [0.25, 0.3) is 0 Å². The van der Waals surface area contributed by atoms with Gasteiger partial charge in [-0.2, -0.15) is 0 Å². The van der Waals surface area contributed by atoms with Crippen LogP contribution in [-0.2, 0) is 22.6 Å². The van der Waals surface area contributed by atoms with Gasteiger partial charge in [-0.1, -0.05) is 78.9 Å². The zero-order chi connectivity index (χ0) is 30.9. The summed E-state index contributed by atoms with van der Waals surface area (Å²) in [6.45, 7) is 2.79. The van der Waals surface area contributed by atoms with Gasteiger partial charge in [-0.15, -0.1) is 11.8 Å². The van der Waals surface area contributed by atoms with Crippen molar-refractivity contribution in [1.82, 2.24) is 10.6 Å². The van der Waals surface area contributed by atoms with Gasteiger partial charge >= 0.3 is 12.0 Å². The highest BCUT2D eigenvalue weighted by Crippen LogP contribution is 2.48. The number of carboxylic acid groups (broad SMARTS) is 1. The Morgan fingerprint density at radius 2 is 1.43 bits per heavy atom. The van der Waals surface area contributed by atoms with Crippen molar-refractivity contribution < 1.29 is 29.3 Å². The SMILES string of the molecule is CCNC(=O)NCc1ccc(C2OC(CSc3ccc(C(=O)O)cc3)C(c3ccccc3)C(c3ccc(CO)cc3)O2)cc1. The minimum Gasteiger partial charge on any atom is -0.478 e. The third kappa shape index (κ3) is 7.86. The number of hydrogen-bond acceptors (Lipinski definition) is 6. The molecule has 5 rings (SSSR count). The van der Waals surface area contributed by atoms with Gasteiger partial charge in [-0.3, -0.25) is 0 Å². The Bertz CT molecular complexity index is 1510. The average Bonchev–Trinajstić information content (AvgIpc) is 3.07. The molecule has 4 unspecified atom stereocenters. The number of aliphatic hydroxyl groups excluding tert-OH is 1. The molecule has 0 spiro atoms. The normalized spacial score (nSPS) is 19.7. The monoisotopic (exact) mass is 612 g/mol. The quantitative estimate of drug-likeness (QED) is 0.144. The van der Waals surface area contributed by atoms with Crippen LogP contribution in [0, 0.1) is 0 Å². The number of aromatic carboxylic acids is 1. The molecule has 0 bridgehead atoms. The number of aliphatic hydroxyl groups is 1. The molecule has 4 N–H and O–H groups in total. The number of carbonyl (C=O) groups excluding carboxylic acids is 1. The van der Waals surface area contributed by atoms with E-state index in [2.05, 4.69) is 22.8 Å². The molecule has 9 heteroatoms. The Labute approximate surface area is 261 Å². The van der Waals surface area contributed by atoms with E-state index in [0.717, 1.165) is 32.7 Å². The van der Waals surface area contributed by atoms with Crippen molar-refractivity contribution in [3.63, 3.8) is 0 Å². The van der Waals surface area contributed by atoms with Crippen LogP contribution in [0.4, 0.5) is 4.79 Å². The summed E-state index contributed by atoms with van der Waals surface area (Å²) in [6.07, 6.45) is -1.26. The second-order valence-corrected chi connectivity index (χ2v) is 11.6. The second-order valence-electron chi connectivity index (χ2n) is 10.5. The maximum absolute atomic E-state index is 11.8. The minimum atomic E-state index is -0.956. The zero-order valence-corrected chi connectivity index (χ0v) is 25.2. The van der Waals surface area contributed by atoms with Crippen LogP contribution < -0.4 is 10.6 Å². The van der Waals surface area contributed by atoms with E-state index in [-0.39, 0.29) is 36.3 Å². The molecule has 0 radical (unpaired) electrons. The minimum absolute atomic E-state index is 0.0408. The zero-order valence-electron chi connectivity index (χ0n) is 24.4. The van der Waals surface area contributed by atoms with Crippen molar-refractivity contribution >= 4 is 23.8 Å². The predicted octanol–water partition coefficient (Wildman–Crippen LogP) is 6.43. The topological polar surface area (TPSA) is 117 Å². The molecule has 1 saturated heterocycles. The summed E-state index contributed by atoms with van der Waals surface area (Å²) >= 11 is 1.61. The van der Waals surface area contributed by atoms with Crippen LogP contribution in [0.3, 0.4) is 0 Å². The Hall–Kier alpha value is -4.15. The predicted molar refractivity (Wildman–Crippen MR) is 169 cm³/mol. The lowest BCUT2D eigenvalue weighted by molar-refractivity contribution is -0.255. The summed E-state index contributed by atoms with van der Waals surface area (Å²) in [5, 5.41) is 24.5. The highest BCUT2D eigenvalue weighted by Gasteiger charge is 2.41. The van der Waals surface area contributed by atoms with Crippen molar-refractivity contribution in [2.24, 2.45) is 0 Å². The second kappa shape index (κ2) is 15.0. The molecular weight excluding hydrogens is 576 g/mol. The standard InChI is InChI=1S/C35H36N2O6S/c1-2-36-35(41)37-20-23-8-14-28(15-9-23)34-42-30(22-44-29-18-16-27(17-19-29)33(39)40)31(25-6-4-3-5-7-25)32(43-34)26-12-10-24(21-38)11-13-26/h3-19,30-32,34,38H,2,20-22H2,1H3,(H,39,40)(H2,36,37,41). The summed E-state index contributed by atoms with van der Waals surface area (Å²) in [7, 11) is 0. The third-order valence-electron chi connectivity index (χ3n) is 7.53. The first-order valence-corrected chi connectivity index (χ1v) is 15.6. The molecule has 1 aliphatic heterocycles. The van der Waals surface area contributed by atoms with Gasteiger partial charge < -0.3 is 30.3 Å². The van der Waals surface area contributed by atoms with Crippen molar-refractivity contribution in [3.8, 4) is 0 Å². The maximum Gasteiger partial charge on any atom is 0.335 e. The number of carboxylic acids is 1. The van der Waals surface area contributed by atoms with Crippen LogP contribution in [0.5, 0.6) is 0 Å². The maximum atomic E-state index is 11.8. The number of ether oxygens (including phenoxy) is 2. The van der Waals surface area contributed by atoms with Gasteiger partial charge in [0, 0.05) is 35.2 Å². The average molecular weight is 613 g/mol. The van der Waals surface area contributed by atoms with E-state index >= 15 is 0 Å². The highest BCUT2D eigenvalue weighted by atomic mass is 32.2. The molecule has 0 saturated carbocycles. The highest BCUT2D eigenvalue weighted by molar-refractivity contribution is 7.99. The Morgan fingerprint density at radius 1 is 0.773 bits per heavy atom. The van der Waals surface area contributed by atoms with E-state index in [0.29, 0.717) is 18.8 Å². The lowest BCUT2D eigenvalue weighted by atomic mass is 9.84. The summed E-state index contributed by atoms with van der Waals surface area (Å²) in [4.78, 5) is 24.1. The van der Waals surface area contributed by atoms with Crippen molar-refractivity contribution in [2.45, 2.75) is 49.4 Å². The number of rotatable bonds is 11. The fourth-order valence-corrected chi connectivity index (χ4v) is 6.19. The number of thioether (sulfide) groups is 1. The van der Waals surface area contributed by atoms with Gasteiger partial charge in [-0.25, -0.2) is 9.59 Å². The summed E-state index contributed by atoms with van der Waals surface area (Å²) < 4.78 is 13.5. The summed E-state index contributed by atoms with van der Waals surface area (Å²) in [6, 6.07) is 32.5. The van der Waals surface area contributed by atoms with Gasteiger partial charge in [-0.05, 0) is 53.4 Å². The van der Waals surface area contributed by atoms with Gasteiger partial charge in [0.15, 0.2) is 6.29 Å². The number of hydrogen-bond donors (Lipinski definition) is 4. The summed E-state index contributed by atoms with van der Waals surface area (Å²) in [5.74, 6) is -0.493. The van der Waals surface area contributed by atoms with Crippen molar-refractivity contribution in [1.29, 1.82) is 0 Å². The molecule has 4 atom stereocenters. The van der Waals surface area contributed by atoms with Crippen LogP contribution in [0.1, 0.15) is 63.4 Å². The Morgan fingerprint density at radius 3 is 2.07 bits per heavy atom. The van der Waals surface area contributed by atoms with E-state index in [1.54, 1.807) is 23.9 Å². The largest absolute Gasteiger partial charge is 0.478 e. The molecule has 0 aliphatic carbocycles. The number of carbonyl (C=O) groups is 2. The van der Waals surface area contributed by atoms with E-state index in [9.17, 15) is 19.8 Å². The number of urea groups is 1. The Balaban J connectivity index is 1.44. The molecule has 8 nitrogen and oxygen atoms in total. The fourth-order valence-electron chi connectivity index (χ4n) is 5.22. The molecule has 228 valence electrons. The van der Waals surface area contributed by atoms with Crippen LogP contribution in [-0.4, -0.2) is 40.6 Å². The third-order valence-corrected chi connectivity index (χ3v) is 8.63. The molecule has 4 aromatic carbocycles. The molecular formula is C35H36N2O6S. The molecule has 0 aromatic heterocycles.